The van der Waals surface area contributed by atoms with Gasteiger partial charge in [-0.1, -0.05) is 141 Å². The molecule has 2 aliphatic heterocycles. The van der Waals surface area contributed by atoms with E-state index >= 15 is 0 Å². The highest BCUT2D eigenvalue weighted by Gasteiger charge is 2.48. The van der Waals surface area contributed by atoms with Crippen LogP contribution in [0.5, 0.6) is 0 Å². The van der Waals surface area contributed by atoms with E-state index in [0.29, 0.717) is 0 Å². The largest absolute Gasteiger partial charge is 0.311 e. The zero-order valence-electron chi connectivity index (χ0n) is 37.6. The van der Waals surface area contributed by atoms with E-state index in [0.717, 1.165) is 12.8 Å². The summed E-state index contributed by atoms with van der Waals surface area (Å²) >= 11 is 0. The molecule has 1 aliphatic carbocycles. The van der Waals surface area contributed by atoms with E-state index in [1.165, 1.54) is 126 Å². The second-order valence-corrected chi connectivity index (χ2v) is 20.1. The lowest BCUT2D eigenvalue weighted by Gasteiger charge is -2.48. The van der Waals surface area contributed by atoms with Gasteiger partial charge >= 0.3 is 0 Å². The Balaban J connectivity index is 1.33. The summed E-state index contributed by atoms with van der Waals surface area (Å²) in [7, 11) is 0. The van der Waals surface area contributed by atoms with Gasteiger partial charge in [-0.05, 0) is 154 Å². The summed E-state index contributed by atoms with van der Waals surface area (Å²) in [4.78, 5) is 5.18. The Bertz CT molecular complexity index is 2580. The van der Waals surface area contributed by atoms with Crippen LogP contribution in [-0.4, -0.2) is 6.71 Å². The molecular weight excluding hydrogens is 711 g/mol. The zero-order valence-corrected chi connectivity index (χ0v) is 37.6. The first-order valence-electron chi connectivity index (χ1n) is 22.5. The van der Waals surface area contributed by atoms with Crippen molar-refractivity contribution < 1.29 is 0 Å². The third kappa shape index (κ3) is 6.38. The number of aryl methyl sites for hydroxylation is 4. The molecule has 0 bridgehead atoms. The van der Waals surface area contributed by atoms with E-state index in [2.05, 4.69) is 195 Å². The smallest absolute Gasteiger partial charge is 0.252 e. The molecule has 6 aromatic carbocycles. The third-order valence-electron chi connectivity index (χ3n) is 14.1. The number of nitrogens with zero attached hydrogens (tertiary/aromatic N) is 2. The lowest BCUT2D eigenvalue weighted by Crippen LogP contribution is -2.62. The maximum absolute atomic E-state index is 2.66. The first-order valence-corrected chi connectivity index (χ1v) is 22.5. The van der Waals surface area contributed by atoms with Crippen molar-refractivity contribution in [3.8, 4) is 0 Å². The Morgan fingerprint density at radius 3 is 1.56 bits per heavy atom. The molecule has 3 aliphatic rings. The summed E-state index contributed by atoms with van der Waals surface area (Å²) in [6.07, 6.45) is 7.08. The number of unbranched alkanes of at least 4 members (excludes halogenated alkanes) is 2. The summed E-state index contributed by atoms with van der Waals surface area (Å²) in [6.45, 7) is 26.1. The molecular formula is C56H63BN2. The molecule has 3 heteroatoms. The highest BCUT2D eigenvalue weighted by molar-refractivity contribution is 7.00. The third-order valence-corrected chi connectivity index (χ3v) is 14.1. The summed E-state index contributed by atoms with van der Waals surface area (Å²) in [5.74, 6) is 0. The van der Waals surface area contributed by atoms with Crippen molar-refractivity contribution in [1.29, 1.82) is 0 Å². The van der Waals surface area contributed by atoms with Crippen molar-refractivity contribution in [1.82, 2.24) is 0 Å². The van der Waals surface area contributed by atoms with Crippen LogP contribution < -0.4 is 26.2 Å². The zero-order chi connectivity index (χ0) is 41.6. The van der Waals surface area contributed by atoms with Gasteiger partial charge in [0.15, 0.2) is 0 Å². The predicted octanol–water partition coefficient (Wildman–Crippen LogP) is 13.3. The molecule has 9 rings (SSSR count). The molecule has 0 atom stereocenters. The normalized spacial score (nSPS) is 15.6. The molecule has 59 heavy (non-hydrogen) atoms. The molecule has 0 amide bonds. The van der Waals surface area contributed by atoms with Crippen molar-refractivity contribution in [3.05, 3.63) is 159 Å². The van der Waals surface area contributed by atoms with Gasteiger partial charge in [-0.3, -0.25) is 0 Å². The van der Waals surface area contributed by atoms with Crippen molar-refractivity contribution >= 4 is 57.2 Å². The van der Waals surface area contributed by atoms with Gasteiger partial charge in [-0.25, -0.2) is 0 Å². The fourth-order valence-corrected chi connectivity index (χ4v) is 10.6. The van der Waals surface area contributed by atoms with Crippen molar-refractivity contribution in [2.75, 3.05) is 9.80 Å². The van der Waals surface area contributed by atoms with E-state index in [1.807, 2.05) is 0 Å². The van der Waals surface area contributed by atoms with Gasteiger partial charge in [0.2, 0.25) is 0 Å². The molecule has 0 radical (unpaired) electrons. The molecule has 0 saturated heterocycles. The Kier molecular flexibility index (Phi) is 9.58. The van der Waals surface area contributed by atoms with Gasteiger partial charge in [0.05, 0.1) is 0 Å². The van der Waals surface area contributed by atoms with E-state index in [9.17, 15) is 0 Å². The Hall–Kier alpha value is -5.02. The van der Waals surface area contributed by atoms with Crippen molar-refractivity contribution in [2.24, 2.45) is 0 Å². The van der Waals surface area contributed by atoms with Gasteiger partial charge in [0, 0.05) is 45.0 Å². The van der Waals surface area contributed by atoms with Crippen LogP contribution in [0.1, 0.15) is 138 Å². The predicted molar refractivity (Wildman–Crippen MR) is 257 cm³/mol. The van der Waals surface area contributed by atoms with Gasteiger partial charge in [0.1, 0.15) is 0 Å². The van der Waals surface area contributed by atoms with E-state index < -0.39 is 0 Å². The average molecular weight is 775 g/mol. The molecule has 0 unspecified atom stereocenters. The van der Waals surface area contributed by atoms with Crippen LogP contribution in [0, 0.1) is 13.8 Å². The standard InChI is InChI=1S/C56H63BN2/c1-12-14-16-38-19-24-41(25-20-38)58-49-29-18-36(3)30-47(49)57-48-34-45-46(55(8,9)43-28-23-40(54(5,6)7)33-44(43)56(45,10)11)35-50(48)59(52-32-37(4)31-51(58)53(52)57)42-26-21-39(22-27-42)17-15-13-2/h18-35H,12-17H2,1-11H3. The van der Waals surface area contributed by atoms with E-state index in [-0.39, 0.29) is 23.0 Å². The summed E-state index contributed by atoms with van der Waals surface area (Å²) in [5.41, 5.74) is 24.1. The fraction of sp³-hybridized carbons (Fsp3) is 0.357. The average Bonchev–Trinajstić information content (AvgIpc) is 3.21. The van der Waals surface area contributed by atoms with Gasteiger partial charge in [0.25, 0.3) is 6.71 Å². The summed E-state index contributed by atoms with van der Waals surface area (Å²) in [6, 6.07) is 43.7. The van der Waals surface area contributed by atoms with E-state index in [1.54, 1.807) is 0 Å². The molecule has 0 spiro atoms. The summed E-state index contributed by atoms with van der Waals surface area (Å²) in [5, 5.41) is 0. The minimum absolute atomic E-state index is 0.0710. The monoisotopic (exact) mass is 775 g/mol. The summed E-state index contributed by atoms with van der Waals surface area (Å²) < 4.78 is 0. The minimum atomic E-state index is -0.186. The van der Waals surface area contributed by atoms with Crippen LogP contribution in [0.25, 0.3) is 0 Å². The molecule has 2 nitrogen and oxygen atoms in total. The van der Waals surface area contributed by atoms with Gasteiger partial charge in [-0.2, -0.15) is 0 Å². The second kappa shape index (κ2) is 14.3. The Morgan fingerprint density at radius 1 is 0.492 bits per heavy atom. The number of rotatable bonds is 8. The van der Waals surface area contributed by atoms with Crippen molar-refractivity contribution in [2.45, 2.75) is 131 Å². The molecule has 2 heterocycles. The van der Waals surface area contributed by atoms with Crippen LogP contribution in [0.3, 0.4) is 0 Å². The van der Waals surface area contributed by atoms with Crippen LogP contribution in [0.15, 0.2) is 109 Å². The van der Waals surface area contributed by atoms with E-state index in [4.69, 9.17) is 0 Å². The Labute approximate surface area is 355 Å². The second-order valence-electron chi connectivity index (χ2n) is 20.1. The molecule has 0 saturated carbocycles. The topological polar surface area (TPSA) is 6.48 Å². The van der Waals surface area contributed by atoms with Crippen LogP contribution in [-0.2, 0) is 29.1 Å². The minimum Gasteiger partial charge on any atom is -0.311 e. The van der Waals surface area contributed by atoms with Crippen LogP contribution >= 0.6 is 0 Å². The molecule has 300 valence electrons. The van der Waals surface area contributed by atoms with Gasteiger partial charge < -0.3 is 9.80 Å². The maximum atomic E-state index is 2.66. The highest BCUT2D eigenvalue weighted by Crippen LogP contribution is 2.53. The number of hydrogen-bond donors (Lipinski definition) is 0. The molecule has 0 fully saturated rings. The highest BCUT2D eigenvalue weighted by atomic mass is 15.2. The van der Waals surface area contributed by atoms with Crippen molar-refractivity contribution in [3.63, 3.8) is 0 Å². The molecule has 0 N–H and O–H groups in total. The number of fused-ring (bicyclic) bond motifs is 6. The lowest BCUT2D eigenvalue weighted by atomic mass is 9.33. The first-order chi connectivity index (χ1) is 28.1. The quantitative estimate of drug-likeness (QED) is 0.142. The first kappa shape index (κ1) is 39.4. The van der Waals surface area contributed by atoms with Crippen LogP contribution in [0.4, 0.5) is 34.1 Å². The Morgan fingerprint density at radius 2 is 1.00 bits per heavy atom. The fourth-order valence-electron chi connectivity index (χ4n) is 10.6. The number of anilines is 6. The lowest BCUT2D eigenvalue weighted by molar-refractivity contribution is 0.515. The number of hydrogen-bond acceptors (Lipinski definition) is 2. The van der Waals surface area contributed by atoms with Crippen LogP contribution in [0.2, 0.25) is 0 Å². The SMILES string of the molecule is CCCCc1ccc(N2c3ccc(C)cc3B3c4cc5c(cc4N(c4ccc(CCCC)cc4)c4cc(C)cc2c43)C(C)(C)c2ccc(C(C)(C)C)cc2C5(C)C)cc1. The molecule has 0 aromatic heterocycles. The maximum Gasteiger partial charge on any atom is 0.252 e. The molecule has 6 aromatic rings. The number of benzene rings is 6. The van der Waals surface area contributed by atoms with Gasteiger partial charge in [-0.15, -0.1) is 0 Å².